The number of nitrogens with zero attached hydrogens (tertiary/aromatic N) is 4. The Morgan fingerprint density at radius 1 is 0.593 bits per heavy atom. The van der Waals surface area contributed by atoms with E-state index >= 15 is 0 Å². The Morgan fingerprint density at radius 3 is 1.40 bits per heavy atom. The number of aromatic nitrogens is 2. The van der Waals surface area contributed by atoms with E-state index in [-0.39, 0.29) is 62.0 Å². The number of carboxylic acids is 2. The van der Waals surface area contributed by atoms with Crippen LogP contribution in [0, 0.1) is 22.7 Å². The van der Waals surface area contributed by atoms with Gasteiger partial charge >= 0.3 is 11.9 Å². The number of aliphatic hydroxyl groups excluding tert-OH is 2. The van der Waals surface area contributed by atoms with Gasteiger partial charge in [0.2, 0.25) is 23.6 Å². The van der Waals surface area contributed by atoms with Gasteiger partial charge in [-0.3, -0.25) is 58.3 Å². The molecule has 8 atom stereocenters. The standard InChI is InChI=1S/C32H43N5O8.C24H32BrN5O4.C8H12O4/c1-19(2)27(38)29(40)34-21(4)30(41)37-13-5-6-25(36-37)28(39)33-20(3)24-10-9-23-8-7-22(16-26(23)35-24)11-12-32(31(42)43)17-44-14-15-45-18-32;1-13(2)21(31)23(33)27-15(4)24(34)30-11-5-6-19(29-30)22(32)26-14(3)18-10-8-16-7-9-17(25)12-20(16)28-18;1-2-8(7(9)10)5-11-3-4-12-6-8/h7-12,16,19-21,25,27,36,38H,5-6,13-15,17-18H2,1-4H3,(H,33,39)(H,34,40)(H,42,43);7-10,12-15,19,21,29,31H,5-6,11H2,1-4H3,(H,26,32)(H,27,33);2H,1,3-6H2,(H,9,10)/b12-11+;;/t20-,21+,25?,27+;14-,15+,19?,21+;/m11./s1. The van der Waals surface area contributed by atoms with Crippen molar-refractivity contribution in [3.8, 4) is 0 Å². The van der Waals surface area contributed by atoms with Crippen LogP contribution in [-0.4, -0.2) is 190 Å². The lowest BCUT2D eigenvalue weighted by molar-refractivity contribution is -0.151. The number of amides is 6. The van der Waals surface area contributed by atoms with Crippen molar-refractivity contribution in [2.45, 2.75) is 130 Å². The maximum atomic E-state index is 13.2. The molecule has 91 heavy (non-hydrogen) atoms. The third-order valence-corrected chi connectivity index (χ3v) is 16.3. The summed E-state index contributed by atoms with van der Waals surface area (Å²) in [5, 5.41) is 54.2. The van der Waals surface area contributed by atoms with Crippen LogP contribution in [0.2, 0.25) is 0 Å². The van der Waals surface area contributed by atoms with Crippen LogP contribution >= 0.6 is 15.9 Å². The zero-order chi connectivity index (χ0) is 66.7. The quantitative estimate of drug-likeness (QED) is 0.0592. The molecular weight excluding hydrogens is 1240 g/mol. The van der Waals surface area contributed by atoms with Crippen LogP contribution in [0.25, 0.3) is 27.9 Å². The van der Waals surface area contributed by atoms with Gasteiger partial charge in [-0.15, -0.1) is 6.58 Å². The predicted molar refractivity (Wildman–Crippen MR) is 340 cm³/mol. The Kier molecular flexibility index (Phi) is 27.0. The monoisotopic (exact) mass is 1330 g/mol. The number of fused-ring (bicyclic) bond motifs is 2. The van der Waals surface area contributed by atoms with Crippen molar-refractivity contribution in [2.24, 2.45) is 22.7 Å². The predicted octanol–water partition coefficient (Wildman–Crippen LogP) is 4.04. The second kappa shape index (κ2) is 33.8. The Morgan fingerprint density at radius 2 is 0.989 bits per heavy atom. The summed E-state index contributed by atoms with van der Waals surface area (Å²) < 4.78 is 22.0. The van der Waals surface area contributed by atoms with Gasteiger partial charge in [-0.2, -0.15) is 0 Å². The first-order chi connectivity index (χ1) is 43.2. The van der Waals surface area contributed by atoms with E-state index in [0.29, 0.717) is 76.4 Å². The van der Waals surface area contributed by atoms with Crippen LogP contribution in [0.1, 0.15) is 110 Å². The molecule has 4 aliphatic rings. The average molecular weight is 1330 g/mol. The number of pyridine rings is 2. The summed E-state index contributed by atoms with van der Waals surface area (Å²) in [7, 11) is 0. The molecule has 6 amide bonds. The topological polar surface area (TPSA) is 359 Å². The number of rotatable bonds is 19. The fourth-order valence-corrected chi connectivity index (χ4v) is 10.2. The number of carboxylic acid groups (broad SMARTS) is 2. The minimum absolute atomic E-state index is 0.0197. The van der Waals surface area contributed by atoms with Gasteiger partial charge in [-0.05, 0) is 101 Å². The van der Waals surface area contributed by atoms with Crippen molar-refractivity contribution in [3.63, 3.8) is 0 Å². The number of ether oxygens (including phenoxy) is 4. The normalized spacial score (nSPS) is 20.3. The highest BCUT2D eigenvalue weighted by Crippen LogP contribution is 2.28. The van der Waals surface area contributed by atoms with Crippen molar-refractivity contribution < 1.29 is 77.7 Å². The first-order valence-electron chi connectivity index (χ1n) is 30.5. The molecule has 0 saturated carbocycles. The maximum Gasteiger partial charge on any atom is 0.318 e. The number of carbonyl (C=O) groups excluding carboxylic acids is 6. The number of nitrogens with one attached hydrogen (secondary N) is 6. The van der Waals surface area contributed by atoms with Crippen LogP contribution in [-0.2, 0) is 57.3 Å². The lowest BCUT2D eigenvalue weighted by Gasteiger charge is -2.35. The SMILES string of the molecule is C=CC1(C(=O)O)COCCOC1.CC(C)[C@H](O)C(=O)N[C@@H](C)C(=O)N1CCCC(C(=O)N[C@H](C)c2ccc3ccc(/C=C/C4(C(=O)O)COCCOC4)cc3n2)N1.CC(C)[C@H](O)C(=O)N[C@@H](C)C(=O)N1CCCC(C(=O)N[C@H](C)c2ccc3ccc(Br)cc3n2)N1. The van der Waals surface area contributed by atoms with Gasteiger partial charge < -0.3 is 60.6 Å². The molecule has 4 saturated heterocycles. The zero-order valence-corrected chi connectivity index (χ0v) is 54.3. The van der Waals surface area contributed by atoms with E-state index in [9.17, 15) is 53.7 Å². The Labute approximate surface area is 537 Å². The second-order valence-corrected chi connectivity index (χ2v) is 24.8. The van der Waals surface area contributed by atoms with Crippen LogP contribution in [0.5, 0.6) is 0 Å². The number of benzene rings is 2. The molecule has 27 heteroatoms. The van der Waals surface area contributed by atoms with Crippen molar-refractivity contribution in [1.29, 1.82) is 0 Å². The molecule has 2 unspecified atom stereocenters. The van der Waals surface area contributed by atoms with Crippen molar-refractivity contribution in [3.05, 3.63) is 101 Å². The highest BCUT2D eigenvalue weighted by Gasteiger charge is 2.40. The molecule has 4 aromatic rings. The Bertz CT molecular complexity index is 3240. The summed E-state index contributed by atoms with van der Waals surface area (Å²) in [5.74, 6) is -5.02. The van der Waals surface area contributed by atoms with Crippen LogP contribution in [0.15, 0.2) is 83.9 Å². The Hall–Kier alpha value is -7.34. The van der Waals surface area contributed by atoms with Gasteiger partial charge in [0, 0.05) is 28.3 Å². The number of hydrazine groups is 2. The van der Waals surface area contributed by atoms with Crippen molar-refractivity contribution >= 4 is 91.2 Å². The minimum Gasteiger partial charge on any atom is -0.480 e. The van der Waals surface area contributed by atoms with Crippen LogP contribution in [0.3, 0.4) is 0 Å². The molecular formula is C64H87BrN10O16. The molecule has 6 heterocycles. The zero-order valence-electron chi connectivity index (χ0n) is 52.7. The van der Waals surface area contributed by atoms with Crippen LogP contribution < -0.4 is 32.1 Å². The van der Waals surface area contributed by atoms with Gasteiger partial charge in [0.25, 0.3) is 11.8 Å². The first kappa shape index (κ1) is 72.7. The molecule has 496 valence electrons. The van der Waals surface area contributed by atoms with E-state index in [2.05, 4.69) is 59.6 Å². The van der Waals surface area contributed by atoms with E-state index in [0.717, 1.165) is 32.0 Å². The van der Waals surface area contributed by atoms with E-state index in [1.807, 2.05) is 74.5 Å². The molecule has 4 fully saturated rings. The third-order valence-electron chi connectivity index (χ3n) is 15.8. The number of carbonyl (C=O) groups is 8. The largest absolute Gasteiger partial charge is 0.480 e. The highest BCUT2D eigenvalue weighted by molar-refractivity contribution is 9.10. The fourth-order valence-electron chi connectivity index (χ4n) is 9.89. The number of hydrogen-bond donors (Lipinski definition) is 10. The molecule has 0 radical (unpaired) electrons. The van der Waals surface area contributed by atoms with Crippen molar-refractivity contribution in [2.75, 3.05) is 65.9 Å². The summed E-state index contributed by atoms with van der Waals surface area (Å²) in [6.45, 7) is 19.8. The maximum absolute atomic E-state index is 13.2. The van der Waals surface area contributed by atoms with Gasteiger partial charge in [-0.1, -0.05) is 92.2 Å². The smallest absolute Gasteiger partial charge is 0.318 e. The molecule has 2 aromatic heterocycles. The second-order valence-electron chi connectivity index (χ2n) is 23.9. The van der Waals surface area contributed by atoms with Gasteiger partial charge in [0.05, 0.1) is 87.4 Å². The summed E-state index contributed by atoms with van der Waals surface area (Å²) >= 11 is 3.45. The third kappa shape index (κ3) is 20.1. The minimum atomic E-state index is -1.28. The molecule has 0 aliphatic carbocycles. The van der Waals surface area contributed by atoms with E-state index in [1.54, 1.807) is 46.8 Å². The van der Waals surface area contributed by atoms with E-state index in [1.165, 1.54) is 23.0 Å². The summed E-state index contributed by atoms with van der Waals surface area (Å²) in [6, 6.07) is 15.4. The average Bonchev–Trinajstić information content (AvgIpc) is 1.56. The molecule has 8 rings (SSSR count). The van der Waals surface area contributed by atoms with Crippen molar-refractivity contribution in [1.82, 2.24) is 52.1 Å². The number of hydrogen-bond acceptors (Lipinski definition) is 18. The summed E-state index contributed by atoms with van der Waals surface area (Å²) in [5.41, 5.74) is 7.26. The lowest BCUT2D eigenvalue weighted by Crippen LogP contribution is -2.61. The number of aliphatic carboxylic acids is 2. The van der Waals surface area contributed by atoms with Gasteiger partial charge in [-0.25, -0.2) is 10.9 Å². The summed E-state index contributed by atoms with van der Waals surface area (Å²) in [6.07, 6.45) is 4.62. The molecule has 0 spiro atoms. The lowest BCUT2D eigenvalue weighted by atomic mass is 9.89. The van der Waals surface area contributed by atoms with E-state index < -0.39 is 82.9 Å². The molecule has 10 N–H and O–H groups in total. The summed E-state index contributed by atoms with van der Waals surface area (Å²) in [4.78, 5) is 108. The molecule has 26 nitrogen and oxygen atoms in total. The van der Waals surface area contributed by atoms with E-state index in [4.69, 9.17) is 29.0 Å². The molecule has 4 aliphatic heterocycles. The molecule has 0 bridgehead atoms. The fraction of sp³-hybridized carbons (Fsp3) is 0.531. The Balaban J connectivity index is 0.000000251. The van der Waals surface area contributed by atoms with Gasteiger partial charge in [0.15, 0.2) is 0 Å². The first-order valence-corrected chi connectivity index (χ1v) is 31.3. The number of aliphatic hydroxyl groups is 2. The molecule has 2 aromatic carbocycles. The number of halogens is 1. The van der Waals surface area contributed by atoms with Gasteiger partial charge in [0.1, 0.15) is 47.2 Å². The van der Waals surface area contributed by atoms with Crippen LogP contribution in [0.4, 0.5) is 0 Å². The highest BCUT2D eigenvalue weighted by atomic mass is 79.9.